The van der Waals surface area contributed by atoms with E-state index in [1.807, 2.05) is 6.07 Å². The van der Waals surface area contributed by atoms with Gasteiger partial charge in [-0.2, -0.15) is 13.2 Å². The van der Waals surface area contributed by atoms with E-state index in [0.29, 0.717) is 54.3 Å². The number of rotatable bonds is 5. The molecule has 1 aromatic heterocycles. The summed E-state index contributed by atoms with van der Waals surface area (Å²) in [5.41, 5.74) is 6.74. The summed E-state index contributed by atoms with van der Waals surface area (Å²) in [6, 6.07) is 6.65. The minimum absolute atomic E-state index is 0.0356. The number of hydrogen-bond acceptors (Lipinski definition) is 8. The van der Waals surface area contributed by atoms with E-state index in [1.165, 1.54) is 6.07 Å². The lowest BCUT2D eigenvalue weighted by Gasteiger charge is -2.30. The van der Waals surface area contributed by atoms with Crippen LogP contribution in [0.2, 0.25) is 0 Å². The van der Waals surface area contributed by atoms with Crippen molar-refractivity contribution in [3.63, 3.8) is 0 Å². The zero-order valence-electron chi connectivity index (χ0n) is 17.6. The van der Waals surface area contributed by atoms with Crippen LogP contribution in [-0.2, 0) is 10.9 Å². The highest BCUT2D eigenvalue weighted by Gasteiger charge is 2.31. The first-order chi connectivity index (χ1) is 15.3. The molecule has 4 rings (SSSR count). The van der Waals surface area contributed by atoms with Crippen LogP contribution in [-0.4, -0.2) is 48.8 Å². The summed E-state index contributed by atoms with van der Waals surface area (Å²) in [7, 11) is 1.58. The molecule has 0 spiro atoms. The van der Waals surface area contributed by atoms with Crippen LogP contribution in [0.25, 0.3) is 10.9 Å². The largest absolute Gasteiger partial charge is 0.495 e. The Morgan fingerprint density at radius 2 is 1.88 bits per heavy atom. The molecule has 32 heavy (non-hydrogen) atoms. The summed E-state index contributed by atoms with van der Waals surface area (Å²) in [5, 5.41) is 15.8. The lowest BCUT2D eigenvalue weighted by atomic mass is 10.0. The van der Waals surface area contributed by atoms with E-state index in [-0.39, 0.29) is 5.69 Å². The highest BCUT2D eigenvalue weighted by Crippen LogP contribution is 2.37. The van der Waals surface area contributed by atoms with Crippen LogP contribution in [0.1, 0.15) is 24.1 Å². The van der Waals surface area contributed by atoms with Crippen LogP contribution in [0.5, 0.6) is 5.75 Å². The molecule has 0 unspecified atom stereocenters. The number of hydrogen-bond donors (Lipinski definition) is 2. The second kappa shape index (κ2) is 8.65. The summed E-state index contributed by atoms with van der Waals surface area (Å²) >= 11 is 0. The monoisotopic (exact) mass is 448 g/mol. The van der Waals surface area contributed by atoms with Crippen molar-refractivity contribution in [2.45, 2.75) is 19.1 Å². The van der Waals surface area contributed by atoms with Crippen LogP contribution in [0.15, 0.2) is 30.3 Å². The number of nitrogens with one attached hydrogen (secondary N) is 1. The Labute approximate surface area is 182 Å². The molecule has 0 amide bonds. The zero-order valence-corrected chi connectivity index (χ0v) is 17.6. The van der Waals surface area contributed by atoms with Gasteiger partial charge in [0.15, 0.2) is 5.82 Å². The molecule has 170 valence electrons. The number of morpholine rings is 1. The van der Waals surface area contributed by atoms with Gasteiger partial charge in [-0.25, -0.2) is 0 Å². The van der Waals surface area contributed by atoms with Crippen molar-refractivity contribution in [2.75, 3.05) is 49.4 Å². The molecular weight excluding hydrogens is 425 g/mol. The average Bonchev–Trinajstić information content (AvgIpc) is 2.78. The second-order valence-corrected chi connectivity index (χ2v) is 7.53. The van der Waals surface area contributed by atoms with Gasteiger partial charge in [0.2, 0.25) is 0 Å². The highest BCUT2D eigenvalue weighted by atomic mass is 19.4. The SMILES string of the molecule is COc1cc2nnnc(N[C@H](C)c3cc(N)cc(C(F)(F)F)c3)c2cc1N1CCOCC1. The third-order valence-electron chi connectivity index (χ3n) is 5.36. The predicted octanol–water partition coefficient (Wildman–Crippen LogP) is 3.64. The van der Waals surface area contributed by atoms with Gasteiger partial charge in [-0.15, -0.1) is 10.2 Å². The molecule has 2 aromatic carbocycles. The molecule has 0 radical (unpaired) electrons. The topological polar surface area (TPSA) is 98.4 Å². The zero-order chi connectivity index (χ0) is 22.9. The number of methoxy groups -OCH3 is 1. The number of aromatic nitrogens is 3. The van der Waals surface area contributed by atoms with E-state index < -0.39 is 17.8 Å². The minimum Gasteiger partial charge on any atom is -0.495 e. The normalized spacial score (nSPS) is 15.6. The van der Waals surface area contributed by atoms with Crippen LogP contribution in [0, 0.1) is 0 Å². The minimum atomic E-state index is -4.49. The van der Waals surface area contributed by atoms with Crippen molar-refractivity contribution in [3.05, 3.63) is 41.5 Å². The van der Waals surface area contributed by atoms with Crippen LogP contribution in [0.3, 0.4) is 0 Å². The molecule has 1 fully saturated rings. The summed E-state index contributed by atoms with van der Waals surface area (Å²) in [4.78, 5) is 2.14. The maximum absolute atomic E-state index is 13.2. The van der Waals surface area contributed by atoms with E-state index in [2.05, 4.69) is 25.6 Å². The quantitative estimate of drug-likeness (QED) is 0.571. The Balaban J connectivity index is 1.71. The Morgan fingerprint density at radius 3 is 2.56 bits per heavy atom. The number of nitrogens with two attached hydrogens (primary N) is 1. The number of ether oxygens (including phenoxy) is 2. The summed E-state index contributed by atoms with van der Waals surface area (Å²) in [6.45, 7) is 4.35. The summed E-state index contributed by atoms with van der Waals surface area (Å²) in [5.74, 6) is 1.04. The van der Waals surface area contributed by atoms with E-state index in [4.69, 9.17) is 15.2 Å². The van der Waals surface area contributed by atoms with Gasteiger partial charge in [0.05, 0.1) is 37.6 Å². The van der Waals surface area contributed by atoms with Gasteiger partial charge in [-0.1, -0.05) is 0 Å². The molecule has 1 saturated heterocycles. The van der Waals surface area contributed by atoms with Crippen LogP contribution >= 0.6 is 0 Å². The van der Waals surface area contributed by atoms with Crippen molar-refractivity contribution < 1.29 is 22.6 Å². The maximum atomic E-state index is 13.2. The fourth-order valence-electron chi connectivity index (χ4n) is 3.70. The van der Waals surface area contributed by atoms with Gasteiger partial charge >= 0.3 is 6.18 Å². The van der Waals surface area contributed by atoms with Gasteiger partial charge in [-0.3, -0.25) is 0 Å². The van der Waals surface area contributed by atoms with E-state index >= 15 is 0 Å². The number of nitrogens with zero attached hydrogens (tertiary/aromatic N) is 4. The molecule has 0 bridgehead atoms. The number of halogens is 3. The predicted molar refractivity (Wildman–Crippen MR) is 115 cm³/mol. The molecular formula is C21H23F3N6O2. The van der Waals surface area contributed by atoms with Crippen molar-refractivity contribution in [1.82, 2.24) is 15.4 Å². The Morgan fingerprint density at radius 1 is 1.12 bits per heavy atom. The smallest absolute Gasteiger partial charge is 0.416 e. The number of alkyl halides is 3. The Kier molecular flexibility index (Phi) is 5.92. The first-order valence-electron chi connectivity index (χ1n) is 10.0. The standard InChI is InChI=1S/C21H23F3N6O2/c1-12(13-7-14(21(22,23)24)9-15(25)8-13)26-20-16-10-18(30-3-5-32-6-4-30)19(31-2)11-17(16)27-29-28-20/h7-12H,3-6,25H2,1-2H3,(H,26,27,28)/t12-/m1/s1. The van der Waals surface area contributed by atoms with Gasteiger partial charge < -0.3 is 25.4 Å². The Hall–Kier alpha value is -3.34. The van der Waals surface area contributed by atoms with Crippen molar-refractivity contribution in [1.29, 1.82) is 0 Å². The first-order valence-corrected chi connectivity index (χ1v) is 10.0. The van der Waals surface area contributed by atoms with Crippen LogP contribution in [0.4, 0.5) is 30.4 Å². The van der Waals surface area contributed by atoms with Gasteiger partial charge in [-0.05, 0) is 42.0 Å². The van der Waals surface area contributed by atoms with Gasteiger partial charge in [0, 0.05) is 30.2 Å². The van der Waals surface area contributed by atoms with Crippen molar-refractivity contribution >= 4 is 28.1 Å². The molecule has 8 nitrogen and oxygen atoms in total. The van der Waals surface area contributed by atoms with Crippen LogP contribution < -0.4 is 20.7 Å². The highest BCUT2D eigenvalue weighted by molar-refractivity contribution is 5.93. The third kappa shape index (κ3) is 4.47. The number of nitrogen functional groups attached to an aromatic ring is 1. The molecule has 2 heterocycles. The maximum Gasteiger partial charge on any atom is 0.416 e. The Bertz CT molecular complexity index is 1120. The average molecular weight is 448 g/mol. The fraction of sp³-hybridized carbons (Fsp3) is 0.381. The molecule has 1 aliphatic heterocycles. The summed E-state index contributed by atoms with van der Waals surface area (Å²) < 4.78 is 50.6. The molecule has 0 aliphatic carbocycles. The van der Waals surface area contributed by atoms with Crippen molar-refractivity contribution in [2.24, 2.45) is 0 Å². The van der Waals surface area contributed by atoms with E-state index in [9.17, 15) is 13.2 Å². The molecule has 1 aliphatic rings. The molecule has 3 aromatic rings. The van der Waals surface area contributed by atoms with Gasteiger partial charge in [0.1, 0.15) is 11.3 Å². The first kappa shape index (κ1) is 21.9. The fourth-order valence-corrected chi connectivity index (χ4v) is 3.70. The summed E-state index contributed by atoms with van der Waals surface area (Å²) in [6.07, 6.45) is -4.49. The molecule has 3 N–H and O–H groups in total. The second-order valence-electron chi connectivity index (χ2n) is 7.53. The molecule has 0 saturated carbocycles. The lowest BCUT2D eigenvalue weighted by molar-refractivity contribution is -0.137. The number of fused-ring (bicyclic) bond motifs is 1. The lowest BCUT2D eigenvalue weighted by Crippen LogP contribution is -2.36. The van der Waals surface area contributed by atoms with Crippen molar-refractivity contribution in [3.8, 4) is 5.75 Å². The van der Waals surface area contributed by atoms with E-state index in [0.717, 1.165) is 17.8 Å². The number of anilines is 3. The molecule has 11 heteroatoms. The van der Waals surface area contributed by atoms with E-state index in [1.54, 1.807) is 20.1 Å². The third-order valence-corrected chi connectivity index (χ3v) is 5.36. The van der Waals surface area contributed by atoms with Gasteiger partial charge in [0.25, 0.3) is 0 Å². The molecule has 1 atom stereocenters. The number of benzene rings is 2.